The maximum absolute atomic E-state index is 10.9. The number of rotatable bonds is 5. The summed E-state index contributed by atoms with van der Waals surface area (Å²) in [6.07, 6.45) is 0. The van der Waals surface area contributed by atoms with Crippen molar-refractivity contribution >= 4 is 38.2 Å². The second-order valence-corrected chi connectivity index (χ2v) is 5.53. The molecule has 0 aliphatic rings. The van der Waals surface area contributed by atoms with Crippen LogP contribution in [0.25, 0.3) is 0 Å². The van der Waals surface area contributed by atoms with Gasteiger partial charge in [-0.15, -0.1) is 11.3 Å². The van der Waals surface area contributed by atoms with Crippen molar-refractivity contribution in [3.05, 3.63) is 15.9 Å². The number of carboxylic acids is 1. The first-order chi connectivity index (χ1) is 7.00. The maximum atomic E-state index is 10.9. The predicted octanol–water partition coefficient (Wildman–Crippen LogP) is 3.28. The lowest BCUT2D eigenvalue weighted by molar-refractivity contribution is -0.142. The molecule has 2 N–H and O–H groups in total. The molecule has 0 aliphatic carbocycles. The van der Waals surface area contributed by atoms with E-state index >= 15 is 0 Å². The van der Waals surface area contributed by atoms with E-state index in [0.717, 1.165) is 9.47 Å². The lowest BCUT2D eigenvalue weighted by Gasteiger charge is -2.16. The van der Waals surface area contributed by atoms with E-state index in [2.05, 4.69) is 21.2 Å². The van der Waals surface area contributed by atoms with Crippen LogP contribution in [0.4, 0.5) is 5.00 Å². The first kappa shape index (κ1) is 12.5. The number of hydrogen-bond acceptors (Lipinski definition) is 3. The van der Waals surface area contributed by atoms with Crippen molar-refractivity contribution in [1.29, 1.82) is 0 Å². The van der Waals surface area contributed by atoms with E-state index in [1.807, 2.05) is 25.3 Å². The fraction of sp³-hybridized carbons (Fsp3) is 0.500. The van der Waals surface area contributed by atoms with Crippen molar-refractivity contribution in [2.45, 2.75) is 13.8 Å². The summed E-state index contributed by atoms with van der Waals surface area (Å²) in [7, 11) is 0. The number of halogens is 1. The Morgan fingerprint density at radius 1 is 1.67 bits per heavy atom. The van der Waals surface area contributed by atoms with E-state index in [0.29, 0.717) is 6.54 Å². The first-order valence-corrected chi connectivity index (χ1v) is 6.38. The van der Waals surface area contributed by atoms with E-state index in [1.165, 1.54) is 0 Å². The zero-order valence-corrected chi connectivity index (χ0v) is 11.1. The number of carbonyl (C=O) groups is 1. The molecule has 0 spiro atoms. The number of aliphatic carboxylic acids is 1. The van der Waals surface area contributed by atoms with Crippen LogP contribution in [-0.4, -0.2) is 17.6 Å². The van der Waals surface area contributed by atoms with E-state index in [1.54, 1.807) is 11.3 Å². The summed E-state index contributed by atoms with van der Waals surface area (Å²) in [5.41, 5.74) is 0. The number of nitrogens with one attached hydrogen (secondary N) is 1. The minimum atomic E-state index is -0.742. The Morgan fingerprint density at radius 3 is 2.73 bits per heavy atom. The third-order valence-corrected chi connectivity index (χ3v) is 3.83. The Labute approximate surface area is 102 Å². The van der Waals surface area contributed by atoms with Gasteiger partial charge < -0.3 is 10.4 Å². The van der Waals surface area contributed by atoms with Gasteiger partial charge in [-0.2, -0.15) is 0 Å². The number of hydrogen-bond donors (Lipinski definition) is 2. The van der Waals surface area contributed by atoms with Crippen molar-refractivity contribution in [3.8, 4) is 0 Å². The molecule has 15 heavy (non-hydrogen) atoms. The highest BCUT2D eigenvalue weighted by atomic mass is 79.9. The molecule has 84 valence electrons. The van der Waals surface area contributed by atoms with Gasteiger partial charge in [-0.1, -0.05) is 13.8 Å². The van der Waals surface area contributed by atoms with Gasteiger partial charge in [-0.3, -0.25) is 4.79 Å². The van der Waals surface area contributed by atoms with Crippen molar-refractivity contribution in [1.82, 2.24) is 0 Å². The molecule has 0 aliphatic heterocycles. The lowest BCUT2D eigenvalue weighted by Crippen LogP contribution is -2.27. The second-order valence-electron chi connectivity index (χ2n) is 3.70. The summed E-state index contributed by atoms with van der Waals surface area (Å²) < 4.78 is 1.02. The summed E-state index contributed by atoms with van der Waals surface area (Å²) in [6, 6.07) is 1.95. The van der Waals surface area contributed by atoms with Crippen LogP contribution < -0.4 is 5.32 Å². The number of thiophene rings is 1. The molecule has 3 nitrogen and oxygen atoms in total. The number of carboxylic acid groups (broad SMARTS) is 1. The van der Waals surface area contributed by atoms with Gasteiger partial charge in [-0.25, -0.2) is 0 Å². The van der Waals surface area contributed by atoms with Crippen LogP contribution >= 0.6 is 27.3 Å². The summed E-state index contributed by atoms with van der Waals surface area (Å²) in [5.74, 6) is -0.947. The molecule has 1 aromatic heterocycles. The predicted molar refractivity (Wildman–Crippen MR) is 66.5 cm³/mol. The average molecular weight is 292 g/mol. The first-order valence-electron chi connectivity index (χ1n) is 4.71. The van der Waals surface area contributed by atoms with Crippen LogP contribution in [0.1, 0.15) is 13.8 Å². The van der Waals surface area contributed by atoms with E-state index in [4.69, 9.17) is 5.11 Å². The van der Waals surface area contributed by atoms with Crippen LogP contribution in [0.2, 0.25) is 0 Å². The Bertz CT molecular complexity index is 338. The zero-order valence-electron chi connectivity index (χ0n) is 8.66. The van der Waals surface area contributed by atoms with Crippen molar-refractivity contribution in [2.75, 3.05) is 11.9 Å². The van der Waals surface area contributed by atoms with Crippen LogP contribution in [-0.2, 0) is 4.79 Å². The van der Waals surface area contributed by atoms with Crippen molar-refractivity contribution in [2.24, 2.45) is 11.8 Å². The Kier molecular flexibility index (Phi) is 4.60. The van der Waals surface area contributed by atoms with Crippen LogP contribution in [0.5, 0.6) is 0 Å². The van der Waals surface area contributed by atoms with Gasteiger partial charge in [0.15, 0.2) is 0 Å². The SMILES string of the molecule is CC(C)C(CNc1cc(Br)cs1)C(=O)O. The molecule has 5 heteroatoms. The average Bonchev–Trinajstić information content (AvgIpc) is 2.50. The summed E-state index contributed by atoms with van der Waals surface area (Å²) in [5, 5.41) is 15.1. The van der Waals surface area contributed by atoms with Gasteiger partial charge in [0, 0.05) is 16.4 Å². The molecule has 1 rings (SSSR count). The second kappa shape index (κ2) is 5.51. The fourth-order valence-electron chi connectivity index (χ4n) is 1.22. The quantitative estimate of drug-likeness (QED) is 0.875. The van der Waals surface area contributed by atoms with E-state index < -0.39 is 5.97 Å². The van der Waals surface area contributed by atoms with Gasteiger partial charge >= 0.3 is 5.97 Å². The van der Waals surface area contributed by atoms with E-state index in [9.17, 15) is 4.79 Å². The van der Waals surface area contributed by atoms with E-state index in [-0.39, 0.29) is 11.8 Å². The smallest absolute Gasteiger partial charge is 0.308 e. The van der Waals surface area contributed by atoms with Crippen molar-refractivity contribution in [3.63, 3.8) is 0 Å². The molecule has 1 aromatic rings. The molecular formula is C10H14BrNO2S. The molecule has 0 aromatic carbocycles. The highest BCUT2D eigenvalue weighted by molar-refractivity contribution is 9.10. The highest BCUT2D eigenvalue weighted by Gasteiger charge is 2.20. The molecule has 0 saturated heterocycles. The van der Waals surface area contributed by atoms with Gasteiger partial charge in [0.1, 0.15) is 0 Å². The third-order valence-electron chi connectivity index (χ3n) is 2.19. The topological polar surface area (TPSA) is 49.3 Å². The summed E-state index contributed by atoms with van der Waals surface area (Å²) in [6.45, 7) is 4.32. The summed E-state index contributed by atoms with van der Waals surface area (Å²) in [4.78, 5) is 10.9. The van der Waals surface area contributed by atoms with Crippen LogP contribution in [0.3, 0.4) is 0 Å². The van der Waals surface area contributed by atoms with Crippen LogP contribution in [0, 0.1) is 11.8 Å². The zero-order chi connectivity index (χ0) is 11.4. The maximum Gasteiger partial charge on any atom is 0.308 e. The number of anilines is 1. The van der Waals surface area contributed by atoms with Crippen molar-refractivity contribution < 1.29 is 9.90 Å². The molecule has 1 heterocycles. The molecule has 1 atom stereocenters. The van der Waals surface area contributed by atoms with Gasteiger partial charge in [-0.05, 0) is 27.9 Å². The molecule has 0 radical (unpaired) electrons. The fourth-order valence-corrected chi connectivity index (χ4v) is 2.55. The minimum absolute atomic E-state index is 0.137. The molecule has 0 amide bonds. The lowest BCUT2D eigenvalue weighted by atomic mass is 9.96. The van der Waals surface area contributed by atoms with Crippen LogP contribution in [0.15, 0.2) is 15.9 Å². The monoisotopic (exact) mass is 291 g/mol. The molecule has 0 fully saturated rings. The Morgan fingerprint density at radius 2 is 2.33 bits per heavy atom. The molecule has 0 saturated carbocycles. The largest absolute Gasteiger partial charge is 0.481 e. The normalized spacial score (nSPS) is 12.8. The van der Waals surface area contributed by atoms with Gasteiger partial charge in [0.25, 0.3) is 0 Å². The standard InChI is InChI=1S/C10H14BrNO2S/c1-6(2)8(10(13)14)4-12-9-3-7(11)5-15-9/h3,5-6,8,12H,4H2,1-2H3,(H,13,14). The molecule has 0 bridgehead atoms. The van der Waals surface area contributed by atoms with Gasteiger partial charge in [0.2, 0.25) is 0 Å². The third kappa shape index (κ3) is 3.83. The Balaban J connectivity index is 2.50. The summed E-state index contributed by atoms with van der Waals surface area (Å²) >= 11 is 4.92. The molecule has 1 unspecified atom stereocenters. The minimum Gasteiger partial charge on any atom is -0.481 e. The van der Waals surface area contributed by atoms with Gasteiger partial charge in [0.05, 0.1) is 10.9 Å². The molecular weight excluding hydrogens is 278 g/mol. The Hall–Kier alpha value is -0.550. The highest BCUT2D eigenvalue weighted by Crippen LogP contribution is 2.25.